The molecule has 0 atom stereocenters. The summed E-state index contributed by atoms with van der Waals surface area (Å²) in [4.78, 5) is 0. The highest BCUT2D eigenvalue weighted by Gasteiger charge is 2.34. The van der Waals surface area contributed by atoms with E-state index in [9.17, 15) is 4.21 Å². The van der Waals surface area contributed by atoms with Gasteiger partial charge in [0.1, 0.15) is 0 Å². The van der Waals surface area contributed by atoms with Crippen molar-refractivity contribution in [2.24, 2.45) is 5.41 Å². The maximum absolute atomic E-state index is 10.8. The molecule has 78 valence electrons. The van der Waals surface area contributed by atoms with Crippen molar-refractivity contribution in [3.63, 3.8) is 0 Å². The molecule has 0 aromatic rings. The second-order valence-corrected chi connectivity index (χ2v) is 4.57. The molecule has 1 aliphatic heterocycles. The molecule has 1 aliphatic rings. The van der Waals surface area contributed by atoms with E-state index in [1.807, 2.05) is 0 Å². The number of unbranched alkanes of at least 4 members (excludes halogenated alkanes) is 1. The van der Waals surface area contributed by atoms with E-state index in [4.69, 9.17) is 8.37 Å². The highest BCUT2D eigenvalue weighted by Crippen LogP contribution is 2.33. The molecule has 1 heterocycles. The smallest absolute Gasteiger partial charge is 0.268 e. The Morgan fingerprint density at radius 2 is 1.92 bits per heavy atom. The van der Waals surface area contributed by atoms with E-state index in [0.29, 0.717) is 13.2 Å². The lowest BCUT2D eigenvalue weighted by molar-refractivity contribution is 0.0272. The average Bonchev–Trinajstić information content (AvgIpc) is 2.18. The summed E-state index contributed by atoms with van der Waals surface area (Å²) < 4.78 is 20.9. The van der Waals surface area contributed by atoms with Crippen molar-refractivity contribution < 1.29 is 12.6 Å². The van der Waals surface area contributed by atoms with Crippen molar-refractivity contribution >= 4 is 11.4 Å². The van der Waals surface area contributed by atoms with Crippen molar-refractivity contribution in [3.05, 3.63) is 0 Å². The van der Waals surface area contributed by atoms with E-state index < -0.39 is 11.4 Å². The lowest BCUT2D eigenvalue weighted by atomic mass is 9.82. The van der Waals surface area contributed by atoms with Crippen molar-refractivity contribution in [3.8, 4) is 0 Å². The molecular weight excluding hydrogens is 188 g/mol. The molecule has 0 bridgehead atoms. The minimum atomic E-state index is -1.49. The Morgan fingerprint density at radius 3 is 2.38 bits per heavy atom. The van der Waals surface area contributed by atoms with Crippen LogP contribution >= 0.6 is 0 Å². The van der Waals surface area contributed by atoms with Crippen LogP contribution in [0.2, 0.25) is 0 Å². The van der Waals surface area contributed by atoms with E-state index in [2.05, 4.69) is 13.8 Å². The molecule has 0 aromatic carbocycles. The van der Waals surface area contributed by atoms with Gasteiger partial charge in [0.25, 0.3) is 0 Å². The third-order valence-corrected chi connectivity index (χ3v) is 3.35. The van der Waals surface area contributed by atoms with Crippen LogP contribution in [0.5, 0.6) is 0 Å². The first-order chi connectivity index (χ1) is 6.22. The van der Waals surface area contributed by atoms with Crippen LogP contribution in [0.15, 0.2) is 0 Å². The van der Waals surface area contributed by atoms with Gasteiger partial charge in [-0.25, -0.2) is 0 Å². The Hall–Kier alpha value is 0.0700. The Labute approximate surface area is 82.7 Å². The Balaban J connectivity index is 2.44. The first kappa shape index (κ1) is 11.1. The zero-order valence-corrected chi connectivity index (χ0v) is 9.19. The molecule has 13 heavy (non-hydrogen) atoms. The van der Waals surface area contributed by atoms with E-state index >= 15 is 0 Å². The summed E-state index contributed by atoms with van der Waals surface area (Å²) in [5.41, 5.74) is 0.115. The van der Waals surface area contributed by atoms with Gasteiger partial charge in [-0.1, -0.05) is 26.7 Å². The van der Waals surface area contributed by atoms with Crippen LogP contribution < -0.4 is 0 Å². The summed E-state index contributed by atoms with van der Waals surface area (Å²) >= 11 is -1.49. The van der Waals surface area contributed by atoms with Crippen LogP contribution in [0.3, 0.4) is 0 Å². The normalized spacial score (nSPS) is 34.8. The molecule has 3 nitrogen and oxygen atoms in total. The van der Waals surface area contributed by atoms with E-state index in [-0.39, 0.29) is 5.41 Å². The summed E-state index contributed by atoms with van der Waals surface area (Å²) in [5, 5.41) is 0. The minimum Gasteiger partial charge on any atom is -0.268 e. The first-order valence-electron chi connectivity index (χ1n) is 4.91. The molecule has 0 aromatic heterocycles. The van der Waals surface area contributed by atoms with E-state index in [1.165, 1.54) is 12.8 Å². The van der Waals surface area contributed by atoms with Gasteiger partial charge in [0.05, 0.1) is 13.2 Å². The number of rotatable bonds is 4. The first-order valence-corrected chi connectivity index (χ1v) is 5.91. The van der Waals surface area contributed by atoms with E-state index in [0.717, 1.165) is 12.8 Å². The van der Waals surface area contributed by atoms with Crippen LogP contribution in [0.4, 0.5) is 0 Å². The lowest BCUT2D eigenvalue weighted by Crippen LogP contribution is -2.37. The molecule has 0 radical (unpaired) electrons. The standard InChI is InChI=1S/C9H18O3S/c1-3-5-6-9(4-2)7-11-13(10)12-8-9/h3-8H2,1-2H3. The van der Waals surface area contributed by atoms with Crippen LogP contribution in [-0.4, -0.2) is 17.4 Å². The molecular formula is C9H18O3S. The Bertz CT molecular complexity index is 172. The number of hydrogen-bond donors (Lipinski definition) is 0. The van der Waals surface area contributed by atoms with Gasteiger partial charge in [-0.05, 0) is 12.8 Å². The summed E-state index contributed by atoms with van der Waals surface area (Å²) in [5.74, 6) is 0. The molecule has 1 rings (SSSR count). The van der Waals surface area contributed by atoms with Gasteiger partial charge in [-0.2, -0.15) is 4.21 Å². The molecule has 1 saturated heterocycles. The molecule has 0 amide bonds. The fourth-order valence-corrected chi connectivity index (χ4v) is 2.26. The largest absolute Gasteiger partial charge is 0.304 e. The van der Waals surface area contributed by atoms with Gasteiger partial charge in [0.15, 0.2) is 0 Å². The van der Waals surface area contributed by atoms with Crippen molar-refractivity contribution in [1.82, 2.24) is 0 Å². The van der Waals surface area contributed by atoms with Gasteiger partial charge in [-0.3, -0.25) is 8.37 Å². The third kappa shape index (κ3) is 3.04. The Kier molecular flexibility index (Phi) is 4.35. The predicted octanol–water partition coefficient (Wildman–Crippen LogP) is 2.20. The molecule has 4 heteroatoms. The zero-order valence-electron chi connectivity index (χ0n) is 8.38. The van der Waals surface area contributed by atoms with Crippen molar-refractivity contribution in [1.29, 1.82) is 0 Å². The maximum Gasteiger partial charge on any atom is 0.304 e. The molecule has 0 saturated carbocycles. The van der Waals surface area contributed by atoms with Gasteiger partial charge in [0.2, 0.25) is 0 Å². The average molecular weight is 206 g/mol. The minimum absolute atomic E-state index is 0.115. The van der Waals surface area contributed by atoms with Crippen LogP contribution in [-0.2, 0) is 19.7 Å². The van der Waals surface area contributed by atoms with Gasteiger partial charge >= 0.3 is 11.4 Å². The van der Waals surface area contributed by atoms with E-state index in [1.54, 1.807) is 0 Å². The molecule has 0 spiro atoms. The van der Waals surface area contributed by atoms with Gasteiger partial charge < -0.3 is 0 Å². The van der Waals surface area contributed by atoms with Crippen LogP contribution in [0, 0.1) is 5.41 Å². The second-order valence-electron chi connectivity index (χ2n) is 3.69. The quantitative estimate of drug-likeness (QED) is 0.707. The Morgan fingerprint density at radius 1 is 1.31 bits per heavy atom. The highest BCUT2D eigenvalue weighted by atomic mass is 32.2. The van der Waals surface area contributed by atoms with Crippen LogP contribution in [0.25, 0.3) is 0 Å². The zero-order chi connectivity index (χ0) is 9.73. The highest BCUT2D eigenvalue weighted by molar-refractivity contribution is 7.75. The summed E-state index contributed by atoms with van der Waals surface area (Å²) in [6, 6.07) is 0. The third-order valence-electron chi connectivity index (χ3n) is 2.73. The summed E-state index contributed by atoms with van der Waals surface area (Å²) in [6.45, 7) is 5.47. The fraction of sp³-hybridized carbons (Fsp3) is 1.00. The maximum atomic E-state index is 10.8. The SMILES string of the molecule is CCCCC1(CC)COS(=O)OC1. The van der Waals surface area contributed by atoms with Gasteiger partial charge in [-0.15, -0.1) is 0 Å². The topological polar surface area (TPSA) is 35.5 Å². The lowest BCUT2D eigenvalue weighted by Gasteiger charge is -2.34. The summed E-state index contributed by atoms with van der Waals surface area (Å²) in [7, 11) is 0. The van der Waals surface area contributed by atoms with Gasteiger partial charge in [0, 0.05) is 5.41 Å². The number of hydrogen-bond acceptors (Lipinski definition) is 3. The second kappa shape index (κ2) is 5.08. The van der Waals surface area contributed by atoms with Crippen LogP contribution in [0.1, 0.15) is 39.5 Å². The predicted molar refractivity (Wildman–Crippen MR) is 52.3 cm³/mol. The monoisotopic (exact) mass is 206 g/mol. The van der Waals surface area contributed by atoms with Crippen molar-refractivity contribution in [2.45, 2.75) is 39.5 Å². The summed E-state index contributed by atoms with van der Waals surface area (Å²) in [6.07, 6.45) is 4.51. The molecule has 1 fully saturated rings. The molecule has 0 aliphatic carbocycles. The fourth-order valence-electron chi connectivity index (χ4n) is 1.50. The molecule has 0 N–H and O–H groups in total. The molecule has 0 unspecified atom stereocenters. The van der Waals surface area contributed by atoms with Crippen molar-refractivity contribution in [2.75, 3.05) is 13.2 Å².